The van der Waals surface area contributed by atoms with Crippen molar-refractivity contribution in [3.8, 4) is 0 Å². The van der Waals surface area contributed by atoms with E-state index in [4.69, 9.17) is 4.42 Å². The molecule has 25 heavy (non-hydrogen) atoms. The molecule has 0 radical (unpaired) electrons. The van der Waals surface area contributed by atoms with Crippen LogP contribution in [0.5, 0.6) is 0 Å². The first-order chi connectivity index (χ1) is 12.0. The Balaban J connectivity index is 1.91. The molecule has 0 aliphatic carbocycles. The summed E-state index contributed by atoms with van der Waals surface area (Å²) in [7, 11) is 0. The SMILES string of the molecule is C=CCN1C(=O)[C@](O)(CC(=O)/C=C/c2ccco2)c2cc(Br)ccc21. The number of nitrogens with zero attached hydrogens (tertiary/aromatic N) is 1. The Morgan fingerprint density at radius 2 is 2.20 bits per heavy atom. The van der Waals surface area contributed by atoms with E-state index in [9.17, 15) is 14.7 Å². The molecule has 0 bridgehead atoms. The van der Waals surface area contributed by atoms with Crippen molar-refractivity contribution in [3.63, 3.8) is 0 Å². The summed E-state index contributed by atoms with van der Waals surface area (Å²) in [5.41, 5.74) is -0.904. The number of hydrogen-bond donors (Lipinski definition) is 1. The number of benzene rings is 1. The van der Waals surface area contributed by atoms with Gasteiger partial charge < -0.3 is 14.4 Å². The van der Waals surface area contributed by atoms with E-state index >= 15 is 0 Å². The van der Waals surface area contributed by atoms with Crippen molar-refractivity contribution >= 4 is 39.4 Å². The van der Waals surface area contributed by atoms with Gasteiger partial charge in [-0.3, -0.25) is 9.59 Å². The molecular weight excluding hydrogens is 386 g/mol. The highest BCUT2D eigenvalue weighted by atomic mass is 79.9. The largest absolute Gasteiger partial charge is 0.465 e. The number of ketones is 1. The summed E-state index contributed by atoms with van der Waals surface area (Å²) in [5, 5.41) is 11.0. The van der Waals surface area contributed by atoms with E-state index in [-0.39, 0.29) is 18.7 Å². The fourth-order valence-corrected chi connectivity index (χ4v) is 3.24. The zero-order chi connectivity index (χ0) is 18.0. The molecule has 0 unspecified atom stereocenters. The minimum absolute atomic E-state index is 0.256. The van der Waals surface area contributed by atoms with E-state index < -0.39 is 11.5 Å². The standard InChI is InChI=1S/C19H16BrNO4/c1-2-9-21-17-8-5-13(20)11-16(17)19(24,18(21)23)12-14(22)6-7-15-4-3-10-25-15/h2-8,10-11,24H,1,9,12H2/b7-6+/t19-/m0/s1. The number of carbonyl (C=O) groups excluding carboxylic acids is 2. The molecule has 1 amide bonds. The topological polar surface area (TPSA) is 70.8 Å². The maximum Gasteiger partial charge on any atom is 0.264 e. The van der Waals surface area contributed by atoms with Crippen molar-refractivity contribution in [2.24, 2.45) is 0 Å². The Hall–Kier alpha value is -2.44. The molecule has 1 aromatic carbocycles. The Morgan fingerprint density at radius 1 is 1.40 bits per heavy atom. The summed E-state index contributed by atoms with van der Waals surface area (Å²) in [4.78, 5) is 26.5. The van der Waals surface area contributed by atoms with Gasteiger partial charge in [-0.05, 0) is 42.5 Å². The lowest BCUT2D eigenvalue weighted by Crippen LogP contribution is -2.41. The Labute approximate surface area is 153 Å². The number of carbonyl (C=O) groups is 2. The Kier molecular flexibility index (Phi) is 4.74. The van der Waals surface area contributed by atoms with Crippen LogP contribution >= 0.6 is 15.9 Å². The zero-order valence-electron chi connectivity index (χ0n) is 13.3. The average Bonchev–Trinajstić information content (AvgIpc) is 3.16. The van der Waals surface area contributed by atoms with Crippen LogP contribution < -0.4 is 4.90 Å². The second kappa shape index (κ2) is 6.82. The van der Waals surface area contributed by atoms with Crippen molar-refractivity contribution in [1.82, 2.24) is 0 Å². The molecule has 1 atom stereocenters. The molecule has 1 aromatic heterocycles. The molecule has 1 aliphatic heterocycles. The fourth-order valence-electron chi connectivity index (χ4n) is 2.88. The summed E-state index contributed by atoms with van der Waals surface area (Å²) in [6.45, 7) is 3.90. The average molecular weight is 402 g/mol. The molecule has 0 fully saturated rings. The number of aliphatic hydroxyl groups is 1. The second-order valence-corrected chi connectivity index (χ2v) is 6.63. The van der Waals surface area contributed by atoms with E-state index in [0.29, 0.717) is 17.0 Å². The highest BCUT2D eigenvalue weighted by Crippen LogP contribution is 2.43. The van der Waals surface area contributed by atoms with Crippen LogP contribution in [-0.4, -0.2) is 23.3 Å². The smallest absolute Gasteiger partial charge is 0.264 e. The van der Waals surface area contributed by atoms with E-state index in [0.717, 1.165) is 4.47 Å². The van der Waals surface area contributed by atoms with Crippen LogP contribution in [0.1, 0.15) is 17.7 Å². The number of anilines is 1. The Bertz CT molecular complexity index is 856. The number of amides is 1. The minimum Gasteiger partial charge on any atom is -0.465 e. The molecule has 0 saturated heterocycles. The molecule has 6 heteroatoms. The van der Waals surface area contributed by atoms with Crippen molar-refractivity contribution in [2.45, 2.75) is 12.0 Å². The monoisotopic (exact) mass is 401 g/mol. The quantitative estimate of drug-likeness (QED) is 0.594. The molecule has 1 N–H and O–H groups in total. The Morgan fingerprint density at radius 3 is 2.88 bits per heavy atom. The summed E-state index contributed by atoms with van der Waals surface area (Å²) in [5.74, 6) is -0.381. The number of rotatable bonds is 6. The first-order valence-electron chi connectivity index (χ1n) is 7.65. The molecule has 5 nitrogen and oxygen atoms in total. The van der Waals surface area contributed by atoms with Crippen LogP contribution in [0.4, 0.5) is 5.69 Å². The van der Waals surface area contributed by atoms with Crippen LogP contribution in [0.2, 0.25) is 0 Å². The molecule has 0 saturated carbocycles. The number of hydrogen-bond acceptors (Lipinski definition) is 4. The molecule has 2 aromatic rings. The molecule has 0 spiro atoms. The van der Waals surface area contributed by atoms with Gasteiger partial charge in [0.25, 0.3) is 5.91 Å². The van der Waals surface area contributed by atoms with E-state index in [1.807, 2.05) is 0 Å². The highest BCUT2D eigenvalue weighted by molar-refractivity contribution is 9.10. The van der Waals surface area contributed by atoms with Gasteiger partial charge in [0.15, 0.2) is 11.4 Å². The summed E-state index contributed by atoms with van der Waals surface area (Å²) in [6.07, 6.45) is 5.54. The van der Waals surface area contributed by atoms with Crippen LogP contribution in [-0.2, 0) is 15.2 Å². The summed E-state index contributed by atoms with van der Waals surface area (Å²) >= 11 is 3.35. The van der Waals surface area contributed by atoms with Crippen LogP contribution in [0, 0.1) is 0 Å². The molecule has 128 valence electrons. The van der Waals surface area contributed by atoms with Gasteiger partial charge in [0.1, 0.15) is 5.76 Å². The van der Waals surface area contributed by atoms with E-state index in [1.54, 1.807) is 36.4 Å². The van der Waals surface area contributed by atoms with Crippen LogP contribution in [0.3, 0.4) is 0 Å². The second-order valence-electron chi connectivity index (χ2n) is 5.72. The highest BCUT2D eigenvalue weighted by Gasteiger charge is 2.50. The van der Waals surface area contributed by atoms with Crippen molar-refractivity contribution < 1.29 is 19.1 Å². The van der Waals surface area contributed by atoms with Gasteiger partial charge >= 0.3 is 0 Å². The van der Waals surface area contributed by atoms with Crippen molar-refractivity contribution in [1.29, 1.82) is 0 Å². The summed E-state index contributed by atoms with van der Waals surface area (Å²) < 4.78 is 5.85. The number of halogens is 1. The molecule has 1 aliphatic rings. The van der Waals surface area contributed by atoms with Crippen LogP contribution in [0.25, 0.3) is 6.08 Å². The van der Waals surface area contributed by atoms with Gasteiger partial charge in [-0.15, -0.1) is 6.58 Å². The van der Waals surface area contributed by atoms with E-state index in [2.05, 4.69) is 22.5 Å². The van der Waals surface area contributed by atoms with Gasteiger partial charge in [0, 0.05) is 16.6 Å². The normalized spacial score (nSPS) is 19.4. The first-order valence-corrected chi connectivity index (χ1v) is 8.44. The molecule has 2 heterocycles. The number of furan rings is 1. The van der Waals surface area contributed by atoms with Gasteiger partial charge in [-0.25, -0.2) is 0 Å². The maximum atomic E-state index is 12.8. The van der Waals surface area contributed by atoms with Crippen molar-refractivity contribution in [3.05, 3.63) is 71.1 Å². The lowest BCUT2D eigenvalue weighted by Gasteiger charge is -2.21. The third kappa shape index (κ3) is 3.23. The van der Waals surface area contributed by atoms with Gasteiger partial charge in [0.2, 0.25) is 0 Å². The summed E-state index contributed by atoms with van der Waals surface area (Å²) in [6, 6.07) is 8.60. The number of allylic oxidation sites excluding steroid dienone is 1. The first kappa shape index (κ1) is 17.4. The fraction of sp³-hybridized carbons (Fsp3) is 0.158. The van der Waals surface area contributed by atoms with Gasteiger partial charge in [-0.2, -0.15) is 0 Å². The third-order valence-corrected chi connectivity index (χ3v) is 4.51. The number of fused-ring (bicyclic) bond motifs is 1. The maximum absolute atomic E-state index is 12.8. The molecular formula is C19H16BrNO4. The van der Waals surface area contributed by atoms with Gasteiger partial charge in [-0.1, -0.05) is 22.0 Å². The van der Waals surface area contributed by atoms with Crippen LogP contribution in [0.15, 0.2) is 64.2 Å². The van der Waals surface area contributed by atoms with Crippen molar-refractivity contribution in [2.75, 3.05) is 11.4 Å². The lowest BCUT2D eigenvalue weighted by atomic mass is 9.90. The predicted molar refractivity (Wildman–Crippen MR) is 98.0 cm³/mol. The minimum atomic E-state index is -1.90. The molecule has 3 rings (SSSR count). The van der Waals surface area contributed by atoms with E-state index in [1.165, 1.54) is 23.3 Å². The zero-order valence-corrected chi connectivity index (χ0v) is 14.9. The third-order valence-electron chi connectivity index (χ3n) is 4.01. The predicted octanol–water partition coefficient (Wildman–Crippen LogP) is 3.43. The van der Waals surface area contributed by atoms with Gasteiger partial charge in [0.05, 0.1) is 18.4 Å². The lowest BCUT2D eigenvalue weighted by molar-refractivity contribution is -0.140.